The van der Waals surface area contributed by atoms with Crippen molar-refractivity contribution in [2.45, 2.75) is 12.8 Å². The number of nitrogens with one attached hydrogen (secondary N) is 2. The van der Waals surface area contributed by atoms with Gasteiger partial charge in [-0.3, -0.25) is 4.98 Å². The molecule has 0 aliphatic carbocycles. The van der Waals surface area contributed by atoms with Crippen LogP contribution in [0.15, 0.2) is 48.7 Å². The van der Waals surface area contributed by atoms with Gasteiger partial charge in [0.2, 0.25) is 0 Å². The molecule has 4 nitrogen and oxygen atoms in total. The van der Waals surface area contributed by atoms with Crippen molar-refractivity contribution >= 4 is 17.3 Å². The fourth-order valence-electron chi connectivity index (χ4n) is 2.03. The predicted octanol–water partition coefficient (Wildman–Crippen LogP) is 2.34. The zero-order valence-electron chi connectivity index (χ0n) is 12.7. The molecule has 0 spiro atoms. The highest BCUT2D eigenvalue weighted by molar-refractivity contribution is 7.80. The van der Waals surface area contributed by atoms with Crippen molar-refractivity contribution in [1.29, 1.82) is 0 Å². The van der Waals surface area contributed by atoms with E-state index in [4.69, 9.17) is 17.0 Å². The fraction of sp³-hybridized carbons (Fsp3) is 0.294. The minimum absolute atomic E-state index is 0.685. The van der Waals surface area contributed by atoms with Gasteiger partial charge in [0, 0.05) is 31.4 Å². The normalized spacial score (nSPS) is 10.0. The summed E-state index contributed by atoms with van der Waals surface area (Å²) in [6, 6.07) is 14.0. The Kier molecular flexibility index (Phi) is 6.64. The molecule has 1 heterocycles. The summed E-state index contributed by atoms with van der Waals surface area (Å²) in [6.45, 7) is 1.59. The topological polar surface area (TPSA) is 46.2 Å². The molecule has 2 rings (SSSR count). The third-order valence-electron chi connectivity index (χ3n) is 3.25. The van der Waals surface area contributed by atoms with E-state index in [0.717, 1.165) is 37.4 Å². The van der Waals surface area contributed by atoms with Crippen molar-refractivity contribution < 1.29 is 4.74 Å². The summed E-state index contributed by atoms with van der Waals surface area (Å²) in [4.78, 5) is 4.28. The van der Waals surface area contributed by atoms with Crippen LogP contribution in [0.2, 0.25) is 0 Å². The van der Waals surface area contributed by atoms with Crippen LogP contribution in [0.1, 0.15) is 11.3 Å². The number of hydrogen-bond donors (Lipinski definition) is 2. The predicted molar refractivity (Wildman–Crippen MR) is 93.2 cm³/mol. The Morgan fingerprint density at radius 3 is 2.41 bits per heavy atom. The van der Waals surface area contributed by atoms with Gasteiger partial charge in [0.25, 0.3) is 0 Å². The molecule has 0 atom stereocenters. The maximum atomic E-state index is 5.26. The molecule has 1 aromatic heterocycles. The first-order valence-corrected chi connectivity index (χ1v) is 7.73. The quantitative estimate of drug-likeness (QED) is 0.768. The Hall–Kier alpha value is -2.14. The molecule has 0 saturated carbocycles. The van der Waals surface area contributed by atoms with E-state index < -0.39 is 0 Å². The Morgan fingerprint density at radius 2 is 1.77 bits per heavy atom. The molecule has 5 heteroatoms. The van der Waals surface area contributed by atoms with Crippen LogP contribution in [0.25, 0.3) is 0 Å². The molecule has 2 N–H and O–H groups in total. The molecule has 0 fully saturated rings. The van der Waals surface area contributed by atoms with E-state index in [9.17, 15) is 0 Å². The minimum Gasteiger partial charge on any atom is -0.497 e. The van der Waals surface area contributed by atoms with Crippen molar-refractivity contribution in [3.05, 3.63) is 59.9 Å². The van der Waals surface area contributed by atoms with Gasteiger partial charge in [-0.2, -0.15) is 0 Å². The fourth-order valence-corrected chi connectivity index (χ4v) is 2.23. The van der Waals surface area contributed by atoms with Crippen molar-refractivity contribution in [2.24, 2.45) is 0 Å². The molecule has 0 aliphatic rings. The monoisotopic (exact) mass is 315 g/mol. The lowest BCUT2D eigenvalue weighted by atomic mass is 10.1. The molecule has 0 bridgehead atoms. The number of pyridine rings is 1. The molecule has 22 heavy (non-hydrogen) atoms. The number of methoxy groups -OCH3 is 1. The summed E-state index contributed by atoms with van der Waals surface area (Å²) < 4.78 is 5.14. The van der Waals surface area contributed by atoms with Crippen LogP contribution in [0.4, 0.5) is 0 Å². The van der Waals surface area contributed by atoms with Gasteiger partial charge in [-0.05, 0) is 48.5 Å². The summed E-state index contributed by atoms with van der Waals surface area (Å²) >= 11 is 5.26. The highest BCUT2D eigenvalue weighted by Gasteiger charge is 1.98. The maximum absolute atomic E-state index is 5.26. The number of benzene rings is 1. The Labute approximate surface area is 136 Å². The van der Waals surface area contributed by atoms with Gasteiger partial charge in [-0.15, -0.1) is 0 Å². The summed E-state index contributed by atoms with van der Waals surface area (Å²) in [5.41, 5.74) is 2.32. The van der Waals surface area contributed by atoms with Crippen LogP contribution >= 0.6 is 12.2 Å². The average Bonchev–Trinajstić information content (AvgIpc) is 2.56. The van der Waals surface area contributed by atoms with Gasteiger partial charge in [0.05, 0.1) is 7.11 Å². The number of ether oxygens (including phenoxy) is 1. The number of rotatable bonds is 7. The zero-order valence-corrected chi connectivity index (χ0v) is 13.5. The SMILES string of the molecule is COc1ccc(CCNC(=S)NCCc2ccccn2)cc1. The van der Waals surface area contributed by atoms with E-state index in [1.165, 1.54) is 5.56 Å². The standard InChI is InChI=1S/C17H21N3OS/c1-21-16-7-5-14(6-8-16)9-12-19-17(22)20-13-10-15-4-2-3-11-18-15/h2-8,11H,9-10,12-13H2,1H3,(H2,19,20,22). The smallest absolute Gasteiger partial charge is 0.166 e. The zero-order chi connectivity index (χ0) is 15.6. The van der Waals surface area contributed by atoms with E-state index in [-0.39, 0.29) is 0 Å². The molecule has 0 aliphatic heterocycles. The Bertz CT molecular complexity index is 572. The van der Waals surface area contributed by atoms with Gasteiger partial charge in [-0.25, -0.2) is 0 Å². The van der Waals surface area contributed by atoms with Gasteiger partial charge in [0.15, 0.2) is 5.11 Å². The molecular weight excluding hydrogens is 294 g/mol. The third kappa shape index (κ3) is 5.69. The number of nitrogens with zero attached hydrogens (tertiary/aromatic N) is 1. The van der Waals surface area contributed by atoms with Crippen LogP contribution in [-0.4, -0.2) is 30.3 Å². The first-order valence-electron chi connectivity index (χ1n) is 7.32. The molecule has 116 valence electrons. The molecule has 1 aromatic carbocycles. The maximum Gasteiger partial charge on any atom is 0.166 e. The van der Waals surface area contributed by atoms with Crippen molar-refractivity contribution in [3.63, 3.8) is 0 Å². The van der Waals surface area contributed by atoms with E-state index in [1.54, 1.807) is 13.3 Å². The van der Waals surface area contributed by atoms with Gasteiger partial charge >= 0.3 is 0 Å². The highest BCUT2D eigenvalue weighted by atomic mass is 32.1. The van der Waals surface area contributed by atoms with E-state index in [0.29, 0.717) is 5.11 Å². The van der Waals surface area contributed by atoms with Crippen LogP contribution in [0.3, 0.4) is 0 Å². The number of hydrogen-bond acceptors (Lipinski definition) is 3. The first kappa shape index (κ1) is 16.2. The molecule has 0 amide bonds. The second-order valence-electron chi connectivity index (χ2n) is 4.85. The summed E-state index contributed by atoms with van der Waals surface area (Å²) in [7, 11) is 1.67. The molecule has 0 saturated heterocycles. The van der Waals surface area contributed by atoms with Gasteiger partial charge in [-0.1, -0.05) is 18.2 Å². The Morgan fingerprint density at radius 1 is 1.05 bits per heavy atom. The number of thiocarbonyl (C=S) groups is 1. The van der Waals surface area contributed by atoms with Crippen LogP contribution in [0.5, 0.6) is 5.75 Å². The van der Waals surface area contributed by atoms with Crippen molar-refractivity contribution in [3.8, 4) is 5.75 Å². The van der Waals surface area contributed by atoms with E-state index >= 15 is 0 Å². The van der Waals surface area contributed by atoms with Crippen molar-refractivity contribution in [2.75, 3.05) is 20.2 Å². The summed E-state index contributed by atoms with van der Waals surface area (Å²) in [5, 5.41) is 7.10. The first-order chi connectivity index (χ1) is 10.8. The van der Waals surface area contributed by atoms with Crippen LogP contribution in [0, 0.1) is 0 Å². The van der Waals surface area contributed by atoms with Crippen LogP contribution < -0.4 is 15.4 Å². The lowest BCUT2D eigenvalue weighted by molar-refractivity contribution is 0.414. The second kappa shape index (κ2) is 9.00. The summed E-state index contributed by atoms with van der Waals surface area (Å²) in [6.07, 6.45) is 3.59. The minimum atomic E-state index is 0.685. The second-order valence-corrected chi connectivity index (χ2v) is 5.26. The molecule has 0 radical (unpaired) electrons. The molecular formula is C17H21N3OS. The van der Waals surface area contributed by atoms with Gasteiger partial charge < -0.3 is 15.4 Å². The lowest BCUT2D eigenvalue weighted by Crippen LogP contribution is -2.37. The third-order valence-corrected chi connectivity index (χ3v) is 3.54. The van der Waals surface area contributed by atoms with E-state index in [1.807, 2.05) is 30.3 Å². The molecule has 0 unspecified atom stereocenters. The highest BCUT2D eigenvalue weighted by Crippen LogP contribution is 2.11. The average molecular weight is 315 g/mol. The van der Waals surface area contributed by atoms with Crippen molar-refractivity contribution in [1.82, 2.24) is 15.6 Å². The number of aromatic nitrogens is 1. The lowest BCUT2D eigenvalue weighted by Gasteiger charge is -2.10. The Balaban J connectivity index is 1.61. The summed E-state index contributed by atoms with van der Waals surface area (Å²) in [5.74, 6) is 0.878. The largest absolute Gasteiger partial charge is 0.497 e. The molecule has 2 aromatic rings. The van der Waals surface area contributed by atoms with E-state index in [2.05, 4.69) is 27.8 Å². The van der Waals surface area contributed by atoms with Gasteiger partial charge in [0.1, 0.15) is 5.75 Å². The van der Waals surface area contributed by atoms with Crippen LogP contribution in [-0.2, 0) is 12.8 Å².